The van der Waals surface area contributed by atoms with Crippen LogP contribution in [0, 0.1) is 0 Å². The van der Waals surface area contributed by atoms with Crippen molar-refractivity contribution in [2.24, 2.45) is 0 Å². The van der Waals surface area contributed by atoms with Crippen molar-refractivity contribution >= 4 is 19.1 Å². The number of hydrogen-bond donors (Lipinski definition) is 0. The van der Waals surface area contributed by atoms with E-state index in [1.807, 2.05) is 21.0 Å². The Morgan fingerprint density at radius 2 is 1.74 bits per heavy atom. The minimum atomic E-state index is -6.00. The summed E-state index contributed by atoms with van der Waals surface area (Å²) in [5.41, 5.74) is 0. The van der Waals surface area contributed by atoms with Crippen molar-refractivity contribution in [2.45, 2.75) is 20.0 Å². The van der Waals surface area contributed by atoms with E-state index in [4.69, 9.17) is 9.47 Å². The van der Waals surface area contributed by atoms with Crippen molar-refractivity contribution < 1.29 is 36.1 Å². The van der Waals surface area contributed by atoms with E-state index in [2.05, 4.69) is 5.87 Å². The number of esters is 1. The SMILES string of the molecule is CCOC(=O)C(C=C=[N+](C)C)OCC.F[B-](F)(F)F. The van der Waals surface area contributed by atoms with Crippen LogP contribution in [0.1, 0.15) is 13.8 Å². The van der Waals surface area contributed by atoms with Gasteiger partial charge in [-0.05, 0) is 13.8 Å². The lowest BCUT2D eigenvalue weighted by Gasteiger charge is -2.09. The van der Waals surface area contributed by atoms with Crippen LogP contribution in [0.25, 0.3) is 0 Å². The maximum atomic E-state index is 11.3. The number of nitrogens with zero attached hydrogens (tertiary/aromatic N) is 1. The van der Waals surface area contributed by atoms with E-state index in [9.17, 15) is 22.1 Å². The zero-order valence-corrected chi connectivity index (χ0v) is 11.3. The first kappa shape index (κ1) is 20.0. The summed E-state index contributed by atoms with van der Waals surface area (Å²) in [6.07, 6.45) is 0.906. The van der Waals surface area contributed by atoms with E-state index >= 15 is 0 Å². The maximum absolute atomic E-state index is 11.3. The normalized spacial score (nSPS) is 11.6. The van der Waals surface area contributed by atoms with Crippen molar-refractivity contribution in [1.82, 2.24) is 0 Å². The van der Waals surface area contributed by atoms with Gasteiger partial charge in [0.05, 0.1) is 12.7 Å². The van der Waals surface area contributed by atoms with Crippen LogP contribution in [-0.4, -0.2) is 57.1 Å². The number of ether oxygens (including phenoxy) is 2. The smallest absolute Gasteiger partial charge is 0.464 e. The summed E-state index contributed by atoms with van der Waals surface area (Å²) in [5, 5.41) is 0. The van der Waals surface area contributed by atoms with Gasteiger partial charge in [0, 0.05) is 6.61 Å². The monoisotopic (exact) mass is 287 g/mol. The fourth-order valence-electron chi connectivity index (χ4n) is 0.805. The average molecular weight is 287 g/mol. The van der Waals surface area contributed by atoms with Crippen LogP contribution < -0.4 is 0 Å². The summed E-state index contributed by atoms with van der Waals surface area (Å²) in [7, 11) is -2.35. The second-order valence-corrected chi connectivity index (χ2v) is 3.31. The first-order chi connectivity index (χ1) is 8.61. The standard InChI is InChI=1S/C10H18NO3.BF4/c1-5-13-9(7-8-11(3)4)10(12)14-6-2;2-1(3,4)5/h7,9H,5-6H2,1-4H3;/q+1;-1. The third-order valence-electron chi connectivity index (χ3n) is 1.35. The number of halogens is 4. The van der Waals surface area contributed by atoms with E-state index in [0.717, 1.165) is 0 Å². The van der Waals surface area contributed by atoms with Gasteiger partial charge < -0.3 is 26.7 Å². The Labute approximate surface area is 109 Å². The summed E-state index contributed by atoms with van der Waals surface area (Å²) in [4.78, 5) is 11.3. The molecule has 0 aromatic carbocycles. The van der Waals surface area contributed by atoms with Crippen LogP contribution in [-0.2, 0) is 14.3 Å². The molecule has 19 heavy (non-hydrogen) atoms. The minimum absolute atomic E-state index is 0.359. The van der Waals surface area contributed by atoms with Gasteiger partial charge in [0.15, 0.2) is 12.0 Å². The number of carbonyl (C=O) groups is 1. The maximum Gasteiger partial charge on any atom is 0.673 e. The van der Waals surface area contributed by atoms with Crippen LogP contribution >= 0.6 is 0 Å². The van der Waals surface area contributed by atoms with Gasteiger partial charge in [-0.25, -0.2) is 4.79 Å². The highest BCUT2D eigenvalue weighted by Gasteiger charge is 2.20. The Hall–Kier alpha value is -1.34. The molecule has 0 fully saturated rings. The van der Waals surface area contributed by atoms with Crippen molar-refractivity contribution in [3.05, 3.63) is 6.08 Å². The zero-order chi connectivity index (χ0) is 15.5. The quantitative estimate of drug-likeness (QED) is 0.254. The lowest BCUT2D eigenvalue weighted by molar-refractivity contribution is -0.456. The van der Waals surface area contributed by atoms with Gasteiger partial charge in [-0.2, -0.15) is 4.58 Å². The lowest BCUT2D eigenvalue weighted by Crippen LogP contribution is -2.25. The van der Waals surface area contributed by atoms with E-state index in [1.165, 1.54) is 0 Å². The summed E-state index contributed by atoms with van der Waals surface area (Å²) < 4.78 is 50.7. The van der Waals surface area contributed by atoms with Crippen molar-refractivity contribution in [3.63, 3.8) is 0 Å². The van der Waals surface area contributed by atoms with Crippen molar-refractivity contribution in [1.29, 1.82) is 0 Å². The highest BCUT2D eigenvalue weighted by Crippen LogP contribution is 2.06. The van der Waals surface area contributed by atoms with Gasteiger partial charge in [0.1, 0.15) is 14.1 Å². The van der Waals surface area contributed by atoms with Gasteiger partial charge in [-0.15, -0.1) is 0 Å². The Balaban J connectivity index is 0. The molecule has 0 saturated carbocycles. The minimum Gasteiger partial charge on any atom is -0.464 e. The van der Waals surface area contributed by atoms with Crippen molar-refractivity contribution in [3.8, 4) is 0 Å². The molecule has 0 rings (SSSR count). The Bertz CT molecular complexity index is 317. The van der Waals surface area contributed by atoms with Gasteiger partial charge in [-0.3, -0.25) is 0 Å². The highest BCUT2D eigenvalue weighted by atomic mass is 19.5. The highest BCUT2D eigenvalue weighted by molar-refractivity contribution is 6.50. The Kier molecular flexibility index (Phi) is 11.1. The van der Waals surface area contributed by atoms with Gasteiger partial charge >= 0.3 is 13.2 Å². The van der Waals surface area contributed by atoms with Gasteiger partial charge in [-0.1, -0.05) is 0 Å². The number of hydrogen-bond acceptors (Lipinski definition) is 3. The lowest BCUT2D eigenvalue weighted by atomic mass is 10.3. The predicted octanol–water partition coefficient (Wildman–Crippen LogP) is 1.75. The molecular weight excluding hydrogens is 269 g/mol. The molecule has 0 spiro atoms. The molecule has 0 heterocycles. The summed E-state index contributed by atoms with van der Waals surface area (Å²) in [6.45, 7) is 4.42. The second-order valence-electron chi connectivity index (χ2n) is 3.31. The number of carbonyl (C=O) groups excluding carboxylic acids is 1. The van der Waals surface area contributed by atoms with E-state index in [1.54, 1.807) is 17.6 Å². The summed E-state index contributed by atoms with van der Waals surface area (Å²) in [5.74, 6) is 2.48. The summed E-state index contributed by atoms with van der Waals surface area (Å²) >= 11 is 0. The first-order valence-electron chi connectivity index (χ1n) is 5.54. The zero-order valence-electron chi connectivity index (χ0n) is 11.3. The molecule has 4 nitrogen and oxygen atoms in total. The topological polar surface area (TPSA) is 38.5 Å². The first-order valence-corrected chi connectivity index (χ1v) is 5.54. The third kappa shape index (κ3) is 19.2. The molecule has 1 atom stereocenters. The van der Waals surface area contributed by atoms with Gasteiger partial charge in [0.25, 0.3) is 0 Å². The Morgan fingerprint density at radius 1 is 1.26 bits per heavy atom. The third-order valence-corrected chi connectivity index (χ3v) is 1.35. The molecule has 0 aliphatic rings. The molecule has 9 heteroatoms. The molecule has 0 aromatic heterocycles. The molecule has 0 saturated heterocycles. The van der Waals surface area contributed by atoms with E-state index in [0.29, 0.717) is 13.2 Å². The van der Waals surface area contributed by atoms with Crippen LogP contribution in [0.2, 0.25) is 0 Å². The van der Waals surface area contributed by atoms with Gasteiger partial charge in [0.2, 0.25) is 0 Å². The van der Waals surface area contributed by atoms with Crippen LogP contribution in [0.4, 0.5) is 17.3 Å². The second kappa shape index (κ2) is 10.6. The molecule has 1 unspecified atom stereocenters. The molecule has 0 radical (unpaired) electrons. The predicted molar refractivity (Wildman–Crippen MR) is 63.9 cm³/mol. The molecule has 0 amide bonds. The molecule has 0 N–H and O–H groups in total. The molecule has 112 valence electrons. The van der Waals surface area contributed by atoms with Crippen LogP contribution in [0.15, 0.2) is 6.08 Å². The van der Waals surface area contributed by atoms with Crippen LogP contribution in [0.5, 0.6) is 0 Å². The van der Waals surface area contributed by atoms with Crippen molar-refractivity contribution in [2.75, 3.05) is 27.3 Å². The number of rotatable bonds is 5. The molecule has 0 bridgehead atoms. The Morgan fingerprint density at radius 3 is 2.05 bits per heavy atom. The molecular formula is C10H18BF4NO3. The van der Waals surface area contributed by atoms with E-state index < -0.39 is 13.4 Å². The molecule has 0 aliphatic carbocycles. The fraction of sp³-hybridized carbons (Fsp3) is 0.700. The largest absolute Gasteiger partial charge is 0.673 e. The van der Waals surface area contributed by atoms with E-state index in [-0.39, 0.29) is 5.97 Å². The molecule has 0 aromatic rings. The average Bonchev–Trinajstić information content (AvgIpc) is 2.21. The fourth-order valence-corrected chi connectivity index (χ4v) is 0.805. The summed E-state index contributed by atoms with van der Waals surface area (Å²) in [6, 6.07) is 0. The molecule has 0 aliphatic heterocycles. The van der Waals surface area contributed by atoms with Crippen LogP contribution in [0.3, 0.4) is 0 Å².